The number of aromatic nitrogens is 4. The first kappa shape index (κ1) is 19.0. The number of fused-ring (bicyclic) bond motifs is 2. The lowest BCUT2D eigenvalue weighted by molar-refractivity contribution is -0.0504. The van der Waals surface area contributed by atoms with Crippen molar-refractivity contribution in [1.29, 1.82) is 0 Å². The third-order valence-electron chi connectivity index (χ3n) is 5.26. The third-order valence-corrected chi connectivity index (χ3v) is 7.75. The molecule has 152 valence electrons. The largest absolute Gasteiger partial charge is 0.387 e. The van der Waals surface area contributed by atoms with E-state index in [1.807, 2.05) is 30.3 Å². The Kier molecular flexibility index (Phi) is 4.63. The molecule has 4 N–H and O–H groups in total. The van der Waals surface area contributed by atoms with Gasteiger partial charge in [-0.15, -0.1) is 0 Å². The van der Waals surface area contributed by atoms with Crippen LogP contribution in [0.2, 0.25) is 0 Å². The summed E-state index contributed by atoms with van der Waals surface area (Å²) < 4.78 is 15.0. The number of aliphatic hydroxyl groups is 1. The van der Waals surface area contributed by atoms with Gasteiger partial charge in [-0.3, -0.25) is 4.57 Å². The minimum Gasteiger partial charge on any atom is -0.387 e. The van der Waals surface area contributed by atoms with E-state index in [0.29, 0.717) is 17.7 Å². The van der Waals surface area contributed by atoms with Gasteiger partial charge in [0.2, 0.25) is 0 Å². The van der Waals surface area contributed by atoms with E-state index in [-0.39, 0.29) is 12.4 Å². The van der Waals surface area contributed by atoms with E-state index in [4.69, 9.17) is 26.8 Å². The van der Waals surface area contributed by atoms with Crippen molar-refractivity contribution in [2.45, 2.75) is 31.0 Å². The van der Waals surface area contributed by atoms with Gasteiger partial charge in [0.15, 0.2) is 17.7 Å². The van der Waals surface area contributed by atoms with Crippen molar-refractivity contribution in [2.24, 2.45) is 0 Å². The van der Waals surface area contributed by atoms with Crippen LogP contribution >= 0.6 is 6.64 Å². The van der Waals surface area contributed by atoms with Gasteiger partial charge in [0.05, 0.1) is 19.0 Å². The number of hydrogen-bond donors (Lipinski definition) is 3. The fourth-order valence-electron chi connectivity index (χ4n) is 3.90. The smallest absolute Gasteiger partial charge is 0.262 e. The number of anilines is 1. The number of hydrogen-bond acceptors (Lipinski definition) is 8. The molecule has 29 heavy (non-hydrogen) atoms. The van der Waals surface area contributed by atoms with E-state index in [2.05, 4.69) is 15.0 Å². The maximum Gasteiger partial charge on any atom is 0.262 e. The van der Waals surface area contributed by atoms with Crippen LogP contribution in [0.5, 0.6) is 0 Å². The molecule has 2 aromatic heterocycles. The van der Waals surface area contributed by atoms with Gasteiger partial charge in [0.1, 0.15) is 24.1 Å². The Balaban J connectivity index is 1.51. The second kappa shape index (κ2) is 7.06. The highest BCUT2D eigenvalue weighted by atomic mass is 32.5. The molecular weight excluding hydrogens is 415 g/mol. The maximum atomic E-state index is 11.2. The molecule has 2 aliphatic heterocycles. The molecule has 0 aliphatic carbocycles. The summed E-state index contributed by atoms with van der Waals surface area (Å²) in [6, 6.07) is 9.05. The molecule has 5 rings (SSSR count). The Morgan fingerprint density at radius 1 is 1.24 bits per heavy atom. The molecule has 4 heterocycles. The zero-order valence-electron chi connectivity index (χ0n) is 15.1. The average Bonchev–Trinajstić information content (AvgIpc) is 3.27. The molecule has 0 radical (unpaired) electrons. The number of rotatable bonds is 3. The summed E-state index contributed by atoms with van der Waals surface area (Å²) in [4.78, 5) is 23.2. The van der Waals surface area contributed by atoms with Crippen molar-refractivity contribution in [1.82, 2.24) is 24.2 Å². The number of imidazole rings is 1. The molecule has 2 aliphatic rings. The van der Waals surface area contributed by atoms with Crippen LogP contribution in [0.25, 0.3) is 11.2 Å². The highest BCUT2D eigenvalue weighted by molar-refractivity contribution is 8.08. The number of nitrogen functional groups attached to an aromatic ring is 1. The number of benzene rings is 1. The van der Waals surface area contributed by atoms with Gasteiger partial charge >= 0.3 is 0 Å². The number of nitrogens with zero attached hydrogens (tertiary/aromatic N) is 5. The molecule has 5 atom stereocenters. The number of aliphatic hydroxyl groups excluding tert-OH is 1. The Labute approximate surface area is 171 Å². The Morgan fingerprint density at radius 3 is 2.83 bits per heavy atom. The van der Waals surface area contributed by atoms with Crippen molar-refractivity contribution < 1.29 is 19.3 Å². The zero-order chi connectivity index (χ0) is 20.2. The highest BCUT2D eigenvalue weighted by Crippen LogP contribution is 2.56. The Morgan fingerprint density at radius 2 is 2.03 bits per heavy atom. The summed E-state index contributed by atoms with van der Waals surface area (Å²) in [7, 11) is 0. The van der Waals surface area contributed by atoms with E-state index in [1.165, 1.54) is 12.7 Å². The predicted molar refractivity (Wildman–Crippen MR) is 108 cm³/mol. The van der Waals surface area contributed by atoms with Crippen LogP contribution in [0.1, 0.15) is 11.8 Å². The van der Waals surface area contributed by atoms with Crippen molar-refractivity contribution in [3.8, 4) is 0 Å². The summed E-state index contributed by atoms with van der Waals surface area (Å²) >= 11 is 5.37. The summed E-state index contributed by atoms with van der Waals surface area (Å²) in [5, 5.41) is 11.2. The van der Waals surface area contributed by atoms with Crippen LogP contribution in [0.15, 0.2) is 43.0 Å². The molecular formula is C17H19N6O4PS. The molecule has 3 aromatic rings. The molecule has 0 amide bonds. The van der Waals surface area contributed by atoms with E-state index in [1.54, 1.807) is 9.24 Å². The van der Waals surface area contributed by atoms with Crippen molar-refractivity contribution in [3.05, 3.63) is 48.5 Å². The van der Waals surface area contributed by atoms with Gasteiger partial charge in [-0.05, 0) is 17.4 Å². The molecule has 0 bridgehead atoms. The number of nitrogens with two attached hydrogens (primary N) is 1. The summed E-state index contributed by atoms with van der Waals surface area (Å²) in [6.07, 6.45) is 0.606. The minimum atomic E-state index is -3.27. The molecule has 2 saturated heterocycles. The first-order chi connectivity index (χ1) is 14.0. The average molecular weight is 434 g/mol. The first-order valence-corrected chi connectivity index (χ1v) is 11.6. The quantitative estimate of drug-likeness (QED) is 0.508. The Hall–Kier alpha value is -1.98. The lowest BCUT2D eigenvalue weighted by Crippen LogP contribution is -2.50. The fourth-order valence-corrected chi connectivity index (χ4v) is 6.04. The van der Waals surface area contributed by atoms with Crippen LogP contribution < -0.4 is 5.73 Å². The first-order valence-electron chi connectivity index (χ1n) is 9.00. The minimum absolute atomic E-state index is 0.0983. The SMILES string of the molecule is Nc1ncnc2c1ncn2[C@@H]1O[C@@H]2COP(O)(=S)N(Cc3ccccc3)[C@H]2[C@H]1O. The van der Waals surface area contributed by atoms with E-state index in [9.17, 15) is 10.00 Å². The van der Waals surface area contributed by atoms with E-state index >= 15 is 0 Å². The van der Waals surface area contributed by atoms with E-state index < -0.39 is 31.1 Å². The van der Waals surface area contributed by atoms with Crippen molar-refractivity contribution in [2.75, 3.05) is 12.3 Å². The van der Waals surface area contributed by atoms with Crippen LogP contribution in [0.3, 0.4) is 0 Å². The highest BCUT2D eigenvalue weighted by Gasteiger charge is 2.54. The monoisotopic (exact) mass is 434 g/mol. The Bertz CT molecular complexity index is 1100. The van der Waals surface area contributed by atoms with Gasteiger partial charge in [-0.2, -0.15) is 0 Å². The van der Waals surface area contributed by atoms with Gasteiger partial charge in [-0.1, -0.05) is 30.3 Å². The van der Waals surface area contributed by atoms with Crippen molar-refractivity contribution in [3.63, 3.8) is 0 Å². The van der Waals surface area contributed by atoms with Crippen LogP contribution in [0.4, 0.5) is 5.82 Å². The van der Waals surface area contributed by atoms with E-state index in [0.717, 1.165) is 5.56 Å². The van der Waals surface area contributed by atoms with Gasteiger partial charge < -0.3 is 25.0 Å². The zero-order valence-corrected chi connectivity index (χ0v) is 16.9. The number of ether oxygens (including phenoxy) is 1. The second-order valence-electron chi connectivity index (χ2n) is 7.00. The summed E-state index contributed by atoms with van der Waals surface area (Å²) in [5.74, 6) is 0.249. The third kappa shape index (κ3) is 3.15. The van der Waals surface area contributed by atoms with Crippen molar-refractivity contribution >= 4 is 35.4 Å². The normalized spacial score (nSPS) is 32.5. The van der Waals surface area contributed by atoms with Gasteiger partial charge in [0.25, 0.3) is 6.64 Å². The molecule has 2 fully saturated rings. The van der Waals surface area contributed by atoms with Crippen LogP contribution in [0, 0.1) is 0 Å². The summed E-state index contributed by atoms with van der Waals surface area (Å²) in [6.45, 7) is -2.84. The second-order valence-corrected chi connectivity index (χ2v) is 10.2. The molecule has 1 unspecified atom stereocenters. The molecule has 10 nitrogen and oxygen atoms in total. The topological polar surface area (TPSA) is 132 Å². The van der Waals surface area contributed by atoms with Crippen LogP contribution in [-0.2, 0) is 27.6 Å². The van der Waals surface area contributed by atoms with Gasteiger partial charge in [0, 0.05) is 6.54 Å². The summed E-state index contributed by atoms with van der Waals surface area (Å²) in [5.41, 5.74) is 7.70. The molecule has 12 heteroatoms. The maximum absolute atomic E-state index is 11.2. The predicted octanol–water partition coefficient (Wildman–Crippen LogP) is 0.785. The fraction of sp³-hybridized carbons (Fsp3) is 0.353. The lowest BCUT2D eigenvalue weighted by atomic mass is 10.1. The molecule has 0 saturated carbocycles. The molecule has 1 aromatic carbocycles. The van der Waals surface area contributed by atoms with Gasteiger partial charge in [-0.25, -0.2) is 19.6 Å². The lowest BCUT2D eigenvalue weighted by Gasteiger charge is -2.42. The molecule has 0 spiro atoms. The standard InChI is InChI=1S/C17H19N6O4PS/c18-15-12-16(20-8-19-15)22(9-21-12)17-14(24)13-11(27-17)7-26-28(25,29)23(13)6-10-4-2-1-3-5-10/h1-5,8-9,11,13-14,17,24H,6-7H2,(H,25,29)(H2,18,19,20)/t11-,13-,14-,17-,28?/m1/s1. The van der Waals surface area contributed by atoms with Crippen LogP contribution in [-0.4, -0.2) is 59.0 Å².